The minimum absolute atomic E-state index is 0.00455. The van der Waals surface area contributed by atoms with E-state index in [1.807, 2.05) is 19.9 Å². The van der Waals surface area contributed by atoms with Crippen LogP contribution in [0.4, 0.5) is 0 Å². The Morgan fingerprint density at radius 2 is 1.92 bits per heavy atom. The molecule has 1 heterocycles. The van der Waals surface area contributed by atoms with Crippen molar-refractivity contribution in [1.29, 1.82) is 0 Å². The van der Waals surface area contributed by atoms with Gasteiger partial charge in [-0.15, -0.1) is 0 Å². The van der Waals surface area contributed by atoms with E-state index < -0.39 is 5.79 Å². The van der Waals surface area contributed by atoms with Crippen molar-refractivity contribution in [2.75, 3.05) is 33.9 Å². The first-order valence-electron chi connectivity index (χ1n) is 9.59. The van der Waals surface area contributed by atoms with Gasteiger partial charge in [-0.2, -0.15) is 0 Å². The molecule has 0 aromatic heterocycles. The van der Waals surface area contributed by atoms with Gasteiger partial charge in [-0.05, 0) is 45.1 Å². The zero-order valence-corrected chi connectivity index (χ0v) is 16.6. The van der Waals surface area contributed by atoms with Crippen LogP contribution >= 0.6 is 0 Å². The first-order chi connectivity index (χ1) is 12.6. The quantitative estimate of drug-likeness (QED) is 0.521. The van der Waals surface area contributed by atoms with Crippen LogP contribution in [0.15, 0.2) is 24.3 Å². The van der Waals surface area contributed by atoms with Gasteiger partial charge >= 0.3 is 0 Å². The van der Waals surface area contributed by atoms with Crippen molar-refractivity contribution in [3.63, 3.8) is 0 Å². The van der Waals surface area contributed by atoms with Gasteiger partial charge in [0.05, 0.1) is 7.11 Å². The summed E-state index contributed by atoms with van der Waals surface area (Å²) in [5, 5.41) is 0. The zero-order chi connectivity index (χ0) is 18.7. The molecular formula is C21H31NO4. The second-order valence-corrected chi connectivity index (χ2v) is 6.92. The molecule has 5 heteroatoms. The average molecular weight is 361 g/mol. The smallest absolute Gasteiger partial charge is 0.191 e. The summed E-state index contributed by atoms with van der Waals surface area (Å²) in [6.07, 6.45) is 4.94. The molecule has 1 aromatic carbocycles. The number of ether oxygens (including phenoxy) is 4. The summed E-state index contributed by atoms with van der Waals surface area (Å²) < 4.78 is 23.9. The molecule has 0 radical (unpaired) electrons. The Hall–Kier alpha value is -1.56. The Kier molecular flexibility index (Phi) is 5.90. The molecule has 1 aliphatic carbocycles. The molecule has 26 heavy (non-hydrogen) atoms. The number of benzene rings is 1. The van der Waals surface area contributed by atoms with Gasteiger partial charge < -0.3 is 23.8 Å². The molecule has 0 bridgehead atoms. The summed E-state index contributed by atoms with van der Waals surface area (Å²) >= 11 is 0. The molecule has 144 valence electrons. The molecule has 3 rings (SSSR count). The molecule has 1 aliphatic heterocycles. The van der Waals surface area contributed by atoms with E-state index >= 15 is 0 Å². The Morgan fingerprint density at radius 3 is 2.54 bits per heavy atom. The van der Waals surface area contributed by atoms with Crippen LogP contribution in [0.1, 0.15) is 44.2 Å². The molecule has 0 spiro atoms. The second-order valence-electron chi connectivity index (χ2n) is 6.92. The van der Waals surface area contributed by atoms with E-state index in [9.17, 15) is 0 Å². The Morgan fingerprint density at radius 1 is 1.19 bits per heavy atom. The van der Waals surface area contributed by atoms with E-state index in [0.717, 1.165) is 24.6 Å². The number of hydrogen-bond donors (Lipinski definition) is 0. The van der Waals surface area contributed by atoms with Gasteiger partial charge in [0, 0.05) is 37.7 Å². The topological polar surface area (TPSA) is 40.2 Å². The fraction of sp³-hybridized carbons (Fsp3) is 0.619. The fourth-order valence-electron chi connectivity index (χ4n) is 3.95. The number of hydrogen-bond acceptors (Lipinski definition) is 5. The van der Waals surface area contributed by atoms with Crippen LogP contribution in [0.5, 0.6) is 11.5 Å². The lowest BCUT2D eigenvalue weighted by atomic mass is 9.83. The van der Waals surface area contributed by atoms with Gasteiger partial charge in [0.2, 0.25) is 0 Å². The molecule has 0 N–H and O–H groups in total. The maximum atomic E-state index is 6.38. The number of fused-ring (bicyclic) bond motifs is 3. The molecule has 0 amide bonds. The predicted octanol–water partition coefficient (Wildman–Crippen LogP) is 3.72. The van der Waals surface area contributed by atoms with Gasteiger partial charge in [-0.25, -0.2) is 0 Å². The third-order valence-electron chi connectivity index (χ3n) is 5.27. The number of rotatable bonds is 8. The summed E-state index contributed by atoms with van der Waals surface area (Å²) in [4.78, 5) is 2.30. The molecule has 0 fully saturated rings. The summed E-state index contributed by atoms with van der Waals surface area (Å²) in [5.41, 5.74) is 2.54. The molecule has 2 aliphatic rings. The van der Waals surface area contributed by atoms with Crippen molar-refractivity contribution in [3.8, 4) is 11.5 Å². The second kappa shape index (κ2) is 7.99. The predicted molar refractivity (Wildman–Crippen MR) is 102 cm³/mol. The van der Waals surface area contributed by atoms with Crippen LogP contribution in [0.3, 0.4) is 0 Å². The fourth-order valence-corrected chi connectivity index (χ4v) is 3.95. The minimum Gasteiger partial charge on any atom is -0.493 e. The highest BCUT2D eigenvalue weighted by Crippen LogP contribution is 2.51. The lowest BCUT2D eigenvalue weighted by molar-refractivity contribution is -0.215. The summed E-state index contributed by atoms with van der Waals surface area (Å²) in [7, 11) is 3.83. The molecule has 5 nitrogen and oxygen atoms in total. The van der Waals surface area contributed by atoms with E-state index in [1.165, 1.54) is 11.1 Å². The van der Waals surface area contributed by atoms with E-state index in [-0.39, 0.29) is 12.0 Å². The third-order valence-corrected chi connectivity index (χ3v) is 5.27. The molecule has 2 atom stereocenters. The van der Waals surface area contributed by atoms with E-state index in [4.69, 9.17) is 18.9 Å². The molecule has 0 saturated heterocycles. The van der Waals surface area contributed by atoms with Crippen LogP contribution < -0.4 is 9.47 Å². The minimum atomic E-state index is -0.694. The average Bonchev–Trinajstić information content (AvgIpc) is 3.01. The lowest BCUT2D eigenvalue weighted by Gasteiger charge is -2.36. The summed E-state index contributed by atoms with van der Waals surface area (Å²) in [5.74, 6) is 1.18. The van der Waals surface area contributed by atoms with E-state index in [0.29, 0.717) is 19.6 Å². The zero-order valence-electron chi connectivity index (χ0n) is 16.6. The Balaban J connectivity index is 1.97. The normalized spacial score (nSPS) is 22.8. The summed E-state index contributed by atoms with van der Waals surface area (Å²) in [6, 6.07) is 4.17. The molecule has 1 aromatic rings. The van der Waals surface area contributed by atoms with Crippen LogP contribution in [0.25, 0.3) is 0 Å². The van der Waals surface area contributed by atoms with Crippen molar-refractivity contribution in [3.05, 3.63) is 35.4 Å². The third kappa shape index (κ3) is 3.48. The standard InChI is InChI=1S/C21H31NO4/c1-6-22(4)14-15-9-10-17(23-5)20-19(15)16-11-12-21(24-7-2,25-8-3)13-18(16)26-20/h9-12,16,18H,6-8,13-14H2,1-5H3. The van der Waals surface area contributed by atoms with E-state index in [2.05, 4.69) is 37.1 Å². The number of nitrogens with zero attached hydrogens (tertiary/aromatic N) is 1. The van der Waals surface area contributed by atoms with Crippen molar-refractivity contribution >= 4 is 0 Å². The SMILES string of the molecule is CCOC1(OCC)C=CC2c3c(CN(C)CC)ccc(OC)c3OC2C1. The highest BCUT2D eigenvalue weighted by atomic mass is 16.7. The highest BCUT2D eigenvalue weighted by Gasteiger charge is 2.46. The van der Waals surface area contributed by atoms with Gasteiger partial charge in [0.1, 0.15) is 6.10 Å². The molecular weight excluding hydrogens is 330 g/mol. The molecule has 2 unspecified atom stereocenters. The summed E-state index contributed by atoms with van der Waals surface area (Å²) in [6.45, 7) is 9.26. The van der Waals surface area contributed by atoms with Crippen LogP contribution in [0, 0.1) is 0 Å². The van der Waals surface area contributed by atoms with Crippen molar-refractivity contribution in [1.82, 2.24) is 4.90 Å². The lowest BCUT2D eigenvalue weighted by Crippen LogP contribution is -2.42. The van der Waals surface area contributed by atoms with Crippen molar-refractivity contribution in [2.45, 2.75) is 51.5 Å². The van der Waals surface area contributed by atoms with Gasteiger partial charge in [0.25, 0.3) is 0 Å². The maximum Gasteiger partial charge on any atom is 0.191 e. The largest absolute Gasteiger partial charge is 0.493 e. The molecule has 0 saturated carbocycles. The Bertz CT molecular complexity index is 652. The first-order valence-corrected chi connectivity index (χ1v) is 9.59. The Labute approximate surface area is 156 Å². The van der Waals surface area contributed by atoms with Crippen molar-refractivity contribution < 1.29 is 18.9 Å². The van der Waals surface area contributed by atoms with Crippen LogP contribution in [0.2, 0.25) is 0 Å². The van der Waals surface area contributed by atoms with Crippen molar-refractivity contribution in [2.24, 2.45) is 0 Å². The van der Waals surface area contributed by atoms with Gasteiger partial charge in [0.15, 0.2) is 17.3 Å². The van der Waals surface area contributed by atoms with E-state index in [1.54, 1.807) is 7.11 Å². The number of methoxy groups -OCH3 is 1. The highest BCUT2D eigenvalue weighted by molar-refractivity contribution is 5.57. The van der Waals surface area contributed by atoms with Crippen LogP contribution in [-0.2, 0) is 16.0 Å². The van der Waals surface area contributed by atoms with Crippen LogP contribution in [-0.4, -0.2) is 50.7 Å². The van der Waals surface area contributed by atoms with Gasteiger partial charge in [-0.1, -0.05) is 19.1 Å². The monoisotopic (exact) mass is 361 g/mol. The van der Waals surface area contributed by atoms with Gasteiger partial charge in [-0.3, -0.25) is 0 Å². The first kappa shape index (κ1) is 19.2. The maximum absolute atomic E-state index is 6.38.